The molecule has 1 aromatic carbocycles. The van der Waals surface area contributed by atoms with Gasteiger partial charge in [0.25, 0.3) is 0 Å². The Labute approximate surface area is 187 Å². The summed E-state index contributed by atoms with van der Waals surface area (Å²) in [6, 6.07) is 7.74. The van der Waals surface area contributed by atoms with E-state index in [4.69, 9.17) is 9.47 Å². The second-order valence-corrected chi connectivity index (χ2v) is 10.1. The lowest BCUT2D eigenvalue weighted by Crippen LogP contribution is -2.53. The molecule has 166 valence electrons. The molecular weight excluding hydrogens is 404 g/mol. The maximum atomic E-state index is 13.1. The molecule has 0 spiro atoms. The van der Waals surface area contributed by atoms with Crippen LogP contribution in [0.1, 0.15) is 50.5 Å². The van der Waals surface area contributed by atoms with Crippen molar-refractivity contribution >= 4 is 22.6 Å². The van der Waals surface area contributed by atoms with Gasteiger partial charge in [0.2, 0.25) is 12.7 Å². The smallest absolute Gasteiger partial charge is 0.231 e. The van der Waals surface area contributed by atoms with E-state index in [1.54, 1.807) is 0 Å². The van der Waals surface area contributed by atoms with Gasteiger partial charge >= 0.3 is 0 Å². The Hall–Kier alpha value is -3.01. The minimum absolute atomic E-state index is 0.0951. The molecule has 0 radical (unpaired) electrons. The number of aromatic nitrogens is 1. The summed E-state index contributed by atoms with van der Waals surface area (Å²) in [5, 5.41) is 16.9. The Morgan fingerprint density at radius 1 is 1.06 bits per heavy atom. The molecule has 1 aromatic heterocycles. The van der Waals surface area contributed by atoms with E-state index in [1.807, 2.05) is 18.2 Å². The first-order chi connectivity index (χ1) is 15.6. The number of hydrogen-bond acceptors (Lipinski definition) is 6. The third-order valence-electron chi connectivity index (χ3n) is 7.88. The fourth-order valence-corrected chi connectivity index (χ4v) is 6.86. The van der Waals surface area contributed by atoms with E-state index >= 15 is 0 Å². The molecule has 2 heterocycles. The van der Waals surface area contributed by atoms with Crippen LogP contribution in [0.25, 0.3) is 10.9 Å². The lowest BCUT2D eigenvalue weighted by Gasteiger charge is -2.55. The van der Waals surface area contributed by atoms with Crippen LogP contribution in [0.3, 0.4) is 0 Å². The van der Waals surface area contributed by atoms with Gasteiger partial charge in [-0.2, -0.15) is 5.26 Å². The first kappa shape index (κ1) is 19.7. The van der Waals surface area contributed by atoms with Gasteiger partial charge in [-0.1, -0.05) is 0 Å². The highest BCUT2D eigenvalue weighted by Gasteiger charge is 2.54. The SMILES string of the molecule is N#Cc1cc2cc3c(cc2nc1NCCCNC(=O)C12CC4CC(CC(C4)C1)C2)OCO3. The molecule has 4 fully saturated rings. The van der Waals surface area contributed by atoms with Crippen LogP contribution in [-0.4, -0.2) is 30.8 Å². The predicted molar refractivity (Wildman–Crippen MR) is 119 cm³/mol. The number of ether oxygens (including phenoxy) is 2. The maximum Gasteiger partial charge on any atom is 0.231 e. The van der Waals surface area contributed by atoms with Crippen LogP contribution < -0.4 is 20.1 Å². The monoisotopic (exact) mass is 432 g/mol. The van der Waals surface area contributed by atoms with E-state index in [1.165, 1.54) is 19.3 Å². The number of rotatable bonds is 6. The summed E-state index contributed by atoms with van der Waals surface area (Å²) in [7, 11) is 0. The van der Waals surface area contributed by atoms with Crippen molar-refractivity contribution in [2.75, 3.05) is 25.2 Å². The number of nitrogens with one attached hydrogen (secondary N) is 2. The number of pyridine rings is 1. The standard InChI is InChI=1S/C25H28N4O3/c26-13-19-7-18-8-21-22(32-14-31-21)9-20(18)29-23(19)27-2-1-3-28-24(30)25-10-15-4-16(11-25)6-17(5-15)12-25/h7-9,15-17H,1-6,10-12,14H2,(H,27,29)(H,28,30). The molecule has 7 nitrogen and oxygen atoms in total. The molecule has 2 aromatic rings. The molecule has 4 aliphatic carbocycles. The fraction of sp³-hybridized carbons (Fsp3) is 0.560. The molecule has 4 saturated carbocycles. The zero-order valence-electron chi connectivity index (χ0n) is 18.2. The summed E-state index contributed by atoms with van der Waals surface area (Å²) in [6.07, 6.45) is 8.09. The average Bonchev–Trinajstić information content (AvgIpc) is 3.23. The maximum absolute atomic E-state index is 13.1. The summed E-state index contributed by atoms with van der Waals surface area (Å²) in [5.41, 5.74) is 1.15. The first-order valence-electron chi connectivity index (χ1n) is 11.8. The summed E-state index contributed by atoms with van der Waals surface area (Å²) in [6.45, 7) is 1.48. The zero-order chi connectivity index (χ0) is 21.7. The van der Waals surface area contributed by atoms with Gasteiger partial charge in [0.05, 0.1) is 11.1 Å². The van der Waals surface area contributed by atoms with Crippen molar-refractivity contribution in [2.24, 2.45) is 23.2 Å². The Kier molecular flexibility index (Phi) is 4.63. The van der Waals surface area contributed by atoms with Crippen molar-refractivity contribution < 1.29 is 14.3 Å². The van der Waals surface area contributed by atoms with Crippen LogP contribution in [0.5, 0.6) is 11.5 Å². The number of carbonyl (C=O) groups excluding carboxylic acids is 1. The number of carbonyl (C=O) groups is 1. The van der Waals surface area contributed by atoms with Gasteiger partial charge in [-0.25, -0.2) is 4.98 Å². The van der Waals surface area contributed by atoms with E-state index in [-0.39, 0.29) is 18.1 Å². The second kappa shape index (κ2) is 7.54. The third kappa shape index (κ3) is 3.33. The topological polar surface area (TPSA) is 96.3 Å². The van der Waals surface area contributed by atoms with Gasteiger partial charge in [0.1, 0.15) is 11.9 Å². The summed E-state index contributed by atoms with van der Waals surface area (Å²) in [5.74, 6) is 4.51. The normalized spacial score (nSPS) is 29.2. The van der Waals surface area contributed by atoms with Crippen molar-refractivity contribution in [3.8, 4) is 17.6 Å². The first-order valence-corrected chi connectivity index (χ1v) is 11.8. The molecule has 7 rings (SSSR count). The minimum atomic E-state index is -0.0951. The molecule has 0 atom stereocenters. The number of benzene rings is 1. The molecule has 1 aliphatic heterocycles. The Morgan fingerprint density at radius 3 is 2.44 bits per heavy atom. The number of hydrogen-bond donors (Lipinski definition) is 2. The molecule has 7 heteroatoms. The van der Waals surface area contributed by atoms with E-state index in [9.17, 15) is 10.1 Å². The van der Waals surface area contributed by atoms with Crippen molar-refractivity contribution in [1.82, 2.24) is 10.3 Å². The molecule has 2 N–H and O–H groups in total. The van der Waals surface area contributed by atoms with Crippen LogP contribution in [-0.2, 0) is 4.79 Å². The van der Waals surface area contributed by atoms with E-state index in [0.29, 0.717) is 36.0 Å². The number of nitrogens with zero attached hydrogens (tertiary/aromatic N) is 2. The lowest BCUT2D eigenvalue weighted by molar-refractivity contribution is -0.146. The molecular formula is C25H28N4O3. The quantitative estimate of drug-likeness (QED) is 0.671. The fourth-order valence-electron chi connectivity index (χ4n) is 6.86. The van der Waals surface area contributed by atoms with Gasteiger partial charge in [0.15, 0.2) is 11.5 Å². The molecule has 0 saturated heterocycles. The highest BCUT2D eigenvalue weighted by atomic mass is 16.7. The minimum Gasteiger partial charge on any atom is -0.454 e. The van der Waals surface area contributed by atoms with Gasteiger partial charge in [-0.05, 0) is 74.8 Å². The number of fused-ring (bicyclic) bond motifs is 2. The van der Waals surface area contributed by atoms with E-state index < -0.39 is 0 Å². The van der Waals surface area contributed by atoms with Crippen molar-refractivity contribution in [2.45, 2.75) is 44.9 Å². The largest absolute Gasteiger partial charge is 0.454 e. The van der Waals surface area contributed by atoms with Gasteiger partial charge in [0, 0.05) is 30.0 Å². The predicted octanol–water partition coefficient (Wildman–Crippen LogP) is 3.97. The van der Waals surface area contributed by atoms with Gasteiger partial charge < -0.3 is 20.1 Å². The Morgan fingerprint density at radius 2 is 1.75 bits per heavy atom. The highest BCUT2D eigenvalue weighted by Crippen LogP contribution is 2.60. The molecule has 0 unspecified atom stereocenters. The van der Waals surface area contributed by atoms with Crippen molar-refractivity contribution in [3.05, 3.63) is 23.8 Å². The molecule has 5 aliphatic rings. The summed E-state index contributed by atoms with van der Waals surface area (Å²) < 4.78 is 10.9. The Balaban J connectivity index is 1.06. The highest BCUT2D eigenvalue weighted by molar-refractivity contribution is 5.86. The van der Waals surface area contributed by atoms with Gasteiger partial charge in [-0.15, -0.1) is 0 Å². The van der Waals surface area contributed by atoms with E-state index in [2.05, 4.69) is 21.7 Å². The number of nitriles is 1. The van der Waals surface area contributed by atoms with Crippen LogP contribution >= 0.6 is 0 Å². The Bertz CT molecular complexity index is 1090. The van der Waals surface area contributed by atoms with Crippen molar-refractivity contribution in [3.63, 3.8) is 0 Å². The zero-order valence-corrected chi connectivity index (χ0v) is 18.2. The van der Waals surface area contributed by atoms with Crippen molar-refractivity contribution in [1.29, 1.82) is 5.26 Å². The second-order valence-electron chi connectivity index (χ2n) is 10.1. The number of amides is 1. The van der Waals surface area contributed by atoms with Crippen LogP contribution in [0.2, 0.25) is 0 Å². The summed E-state index contributed by atoms with van der Waals surface area (Å²) in [4.78, 5) is 17.7. The summed E-state index contributed by atoms with van der Waals surface area (Å²) >= 11 is 0. The number of anilines is 1. The van der Waals surface area contributed by atoms with E-state index in [0.717, 1.165) is 54.3 Å². The molecule has 4 bridgehead atoms. The molecule has 32 heavy (non-hydrogen) atoms. The van der Waals surface area contributed by atoms with Crippen LogP contribution in [0.15, 0.2) is 18.2 Å². The third-order valence-corrected chi connectivity index (χ3v) is 7.88. The van der Waals surface area contributed by atoms with Gasteiger partial charge in [-0.3, -0.25) is 4.79 Å². The van der Waals surface area contributed by atoms with Crippen LogP contribution in [0, 0.1) is 34.5 Å². The average molecular weight is 433 g/mol. The molecule has 1 amide bonds. The van der Waals surface area contributed by atoms with Crippen LogP contribution in [0.4, 0.5) is 5.82 Å². The lowest BCUT2D eigenvalue weighted by atomic mass is 9.49.